The Morgan fingerprint density at radius 1 is 1.09 bits per heavy atom. The largest absolute Gasteiger partial charge is 0.372 e. The van der Waals surface area contributed by atoms with Gasteiger partial charge in [0.05, 0.1) is 24.9 Å². The monoisotopic (exact) mass is 317 g/mol. The van der Waals surface area contributed by atoms with Crippen LogP contribution in [0.25, 0.3) is 0 Å². The standard InChI is InChI=1S/C20H31NO2/c1-3-8-17-11-14-20(22-15-16-9-6-5-7-10-16)19-13-12-18(4-2)23-21(17)19/h5-7,9-10,17-20H,3-4,8,11-15H2,1-2H3/t17-,18+,19+,20-/m0/s1. The molecule has 2 fully saturated rings. The molecule has 0 N–H and O–H groups in total. The maximum Gasteiger partial charge on any atom is 0.0791 e. The molecule has 3 heteroatoms. The third kappa shape index (κ3) is 4.14. The van der Waals surface area contributed by atoms with Gasteiger partial charge in [-0.15, -0.1) is 0 Å². The van der Waals surface area contributed by atoms with E-state index in [1.54, 1.807) is 0 Å². The second kappa shape index (κ2) is 8.27. The highest BCUT2D eigenvalue weighted by atomic mass is 16.7. The molecule has 1 aromatic rings. The van der Waals surface area contributed by atoms with E-state index in [0.717, 1.165) is 6.42 Å². The molecule has 0 amide bonds. The number of hydroxylamine groups is 2. The first-order valence-corrected chi connectivity index (χ1v) is 9.42. The summed E-state index contributed by atoms with van der Waals surface area (Å²) >= 11 is 0. The van der Waals surface area contributed by atoms with Gasteiger partial charge in [0.15, 0.2) is 0 Å². The lowest BCUT2D eigenvalue weighted by Gasteiger charge is -2.49. The molecule has 4 atom stereocenters. The summed E-state index contributed by atoms with van der Waals surface area (Å²) in [6.45, 7) is 5.22. The third-order valence-corrected chi connectivity index (χ3v) is 5.34. The molecule has 2 aliphatic heterocycles. The smallest absolute Gasteiger partial charge is 0.0791 e. The van der Waals surface area contributed by atoms with Crippen LogP contribution >= 0.6 is 0 Å². The molecule has 0 bridgehead atoms. The zero-order chi connectivity index (χ0) is 16.1. The van der Waals surface area contributed by atoms with Gasteiger partial charge in [-0.05, 0) is 44.1 Å². The number of rotatable bonds is 6. The van der Waals surface area contributed by atoms with Crippen molar-refractivity contribution >= 4 is 0 Å². The van der Waals surface area contributed by atoms with E-state index in [0.29, 0.717) is 30.9 Å². The summed E-state index contributed by atoms with van der Waals surface area (Å²) in [6, 6.07) is 11.5. The predicted molar refractivity (Wildman–Crippen MR) is 93.0 cm³/mol. The number of nitrogens with zero attached hydrogens (tertiary/aromatic N) is 1. The number of hydrogen-bond acceptors (Lipinski definition) is 3. The van der Waals surface area contributed by atoms with E-state index >= 15 is 0 Å². The minimum Gasteiger partial charge on any atom is -0.372 e. The molecule has 3 rings (SSSR count). The SMILES string of the molecule is CCC[C@H]1CC[C@H](OCc2ccccc2)[C@H]2CC[C@@H](CC)ON12. The first kappa shape index (κ1) is 16.9. The van der Waals surface area contributed by atoms with E-state index in [4.69, 9.17) is 9.57 Å². The molecule has 23 heavy (non-hydrogen) atoms. The van der Waals surface area contributed by atoms with Gasteiger partial charge in [0.2, 0.25) is 0 Å². The fourth-order valence-corrected chi connectivity index (χ4v) is 4.03. The molecular formula is C20H31NO2. The highest BCUT2D eigenvalue weighted by molar-refractivity contribution is 5.13. The molecule has 2 heterocycles. The molecule has 0 saturated carbocycles. The molecule has 1 aromatic carbocycles. The lowest BCUT2D eigenvalue weighted by atomic mass is 9.88. The van der Waals surface area contributed by atoms with Crippen molar-refractivity contribution in [3.63, 3.8) is 0 Å². The Kier molecular flexibility index (Phi) is 6.09. The first-order chi connectivity index (χ1) is 11.3. The fourth-order valence-electron chi connectivity index (χ4n) is 4.03. The zero-order valence-electron chi connectivity index (χ0n) is 14.6. The van der Waals surface area contributed by atoms with Crippen LogP contribution in [0.2, 0.25) is 0 Å². The van der Waals surface area contributed by atoms with E-state index < -0.39 is 0 Å². The van der Waals surface area contributed by atoms with Crippen LogP contribution in [0.15, 0.2) is 30.3 Å². The van der Waals surface area contributed by atoms with E-state index in [1.807, 2.05) is 0 Å². The topological polar surface area (TPSA) is 21.7 Å². The summed E-state index contributed by atoms with van der Waals surface area (Å²) in [5.41, 5.74) is 1.26. The van der Waals surface area contributed by atoms with Crippen LogP contribution in [0.1, 0.15) is 64.4 Å². The average Bonchev–Trinajstić information content (AvgIpc) is 2.61. The Morgan fingerprint density at radius 3 is 2.65 bits per heavy atom. The van der Waals surface area contributed by atoms with Crippen molar-refractivity contribution in [3.05, 3.63) is 35.9 Å². The van der Waals surface area contributed by atoms with Gasteiger partial charge in [-0.25, -0.2) is 0 Å². The van der Waals surface area contributed by atoms with Crippen LogP contribution in [0.3, 0.4) is 0 Å². The molecule has 2 aliphatic rings. The van der Waals surface area contributed by atoms with Gasteiger partial charge < -0.3 is 4.74 Å². The van der Waals surface area contributed by atoms with Gasteiger partial charge in [0.25, 0.3) is 0 Å². The van der Waals surface area contributed by atoms with Gasteiger partial charge >= 0.3 is 0 Å². The Bertz CT molecular complexity index is 464. The van der Waals surface area contributed by atoms with Gasteiger partial charge in [-0.1, -0.05) is 50.6 Å². The summed E-state index contributed by atoms with van der Waals surface area (Å²) in [4.78, 5) is 6.34. The molecule has 0 aromatic heterocycles. The van der Waals surface area contributed by atoms with Gasteiger partial charge in [0.1, 0.15) is 0 Å². The Balaban J connectivity index is 1.63. The van der Waals surface area contributed by atoms with Crippen LogP contribution in [0.5, 0.6) is 0 Å². The first-order valence-electron chi connectivity index (χ1n) is 9.42. The van der Waals surface area contributed by atoms with E-state index in [1.165, 1.54) is 44.1 Å². The molecular weight excluding hydrogens is 286 g/mol. The summed E-state index contributed by atoms with van der Waals surface area (Å²) in [5.74, 6) is 0. The number of fused-ring (bicyclic) bond motifs is 1. The Morgan fingerprint density at radius 2 is 1.91 bits per heavy atom. The number of hydrogen-bond donors (Lipinski definition) is 0. The number of benzene rings is 1. The maximum atomic E-state index is 6.34. The summed E-state index contributed by atoms with van der Waals surface area (Å²) in [7, 11) is 0. The van der Waals surface area contributed by atoms with Crippen LogP contribution in [-0.2, 0) is 16.2 Å². The molecule has 0 aliphatic carbocycles. The van der Waals surface area contributed by atoms with Crippen molar-refractivity contribution in [1.82, 2.24) is 5.06 Å². The van der Waals surface area contributed by atoms with Crippen molar-refractivity contribution in [1.29, 1.82) is 0 Å². The minimum absolute atomic E-state index is 0.307. The van der Waals surface area contributed by atoms with Crippen molar-refractivity contribution in [2.24, 2.45) is 0 Å². The molecule has 128 valence electrons. The van der Waals surface area contributed by atoms with Crippen molar-refractivity contribution in [3.8, 4) is 0 Å². The summed E-state index contributed by atoms with van der Waals surface area (Å²) in [6.07, 6.45) is 9.01. The lowest BCUT2D eigenvalue weighted by molar-refractivity contribution is -0.302. The van der Waals surface area contributed by atoms with Crippen molar-refractivity contribution < 1.29 is 9.57 Å². The van der Waals surface area contributed by atoms with Gasteiger partial charge in [-0.3, -0.25) is 4.84 Å². The second-order valence-electron chi connectivity index (χ2n) is 7.00. The molecule has 0 spiro atoms. The van der Waals surface area contributed by atoms with Crippen LogP contribution in [0.4, 0.5) is 0 Å². The summed E-state index contributed by atoms with van der Waals surface area (Å²) < 4.78 is 6.31. The Labute approximate surface area is 140 Å². The van der Waals surface area contributed by atoms with E-state index in [-0.39, 0.29) is 0 Å². The van der Waals surface area contributed by atoms with Gasteiger partial charge in [-0.2, -0.15) is 5.06 Å². The van der Waals surface area contributed by atoms with Crippen molar-refractivity contribution in [2.75, 3.05) is 0 Å². The number of ether oxygens (including phenoxy) is 1. The van der Waals surface area contributed by atoms with Crippen LogP contribution < -0.4 is 0 Å². The fraction of sp³-hybridized carbons (Fsp3) is 0.700. The zero-order valence-corrected chi connectivity index (χ0v) is 14.6. The Hall–Kier alpha value is -0.900. The quantitative estimate of drug-likeness (QED) is 0.758. The van der Waals surface area contributed by atoms with E-state index in [9.17, 15) is 0 Å². The van der Waals surface area contributed by atoms with Crippen molar-refractivity contribution in [2.45, 2.75) is 89.7 Å². The third-order valence-electron chi connectivity index (χ3n) is 5.34. The molecule has 0 unspecified atom stereocenters. The number of piperidine rings is 1. The summed E-state index contributed by atoms with van der Waals surface area (Å²) in [5, 5.41) is 2.33. The maximum absolute atomic E-state index is 6.34. The van der Waals surface area contributed by atoms with Crippen LogP contribution in [-0.4, -0.2) is 29.4 Å². The normalized spacial score (nSPS) is 31.7. The molecule has 0 radical (unpaired) electrons. The van der Waals surface area contributed by atoms with E-state index in [2.05, 4.69) is 49.2 Å². The second-order valence-corrected chi connectivity index (χ2v) is 7.00. The minimum atomic E-state index is 0.307. The predicted octanol–water partition coefficient (Wildman–Crippen LogP) is 4.71. The lowest BCUT2D eigenvalue weighted by Crippen LogP contribution is -2.57. The molecule has 3 nitrogen and oxygen atoms in total. The highest BCUT2D eigenvalue weighted by Gasteiger charge is 2.42. The highest BCUT2D eigenvalue weighted by Crippen LogP contribution is 2.36. The van der Waals surface area contributed by atoms with Gasteiger partial charge in [0, 0.05) is 6.04 Å². The molecule has 2 saturated heterocycles. The van der Waals surface area contributed by atoms with Crippen LogP contribution in [0, 0.1) is 0 Å². The average molecular weight is 317 g/mol.